The lowest BCUT2D eigenvalue weighted by Gasteiger charge is -2.14. The summed E-state index contributed by atoms with van der Waals surface area (Å²) in [6.07, 6.45) is 1.53. The molecule has 3 aromatic carbocycles. The Balaban J connectivity index is 1.78. The first kappa shape index (κ1) is 21.9. The van der Waals surface area contributed by atoms with E-state index in [1.807, 2.05) is 42.5 Å². The number of aromatic nitrogens is 4. The van der Waals surface area contributed by atoms with Crippen molar-refractivity contribution >= 4 is 11.2 Å². The molecule has 0 aliphatic rings. The highest BCUT2D eigenvalue weighted by Gasteiger charge is 2.20. The van der Waals surface area contributed by atoms with E-state index in [1.165, 1.54) is 15.5 Å². The summed E-state index contributed by atoms with van der Waals surface area (Å²) in [7, 11) is 1.55. The van der Waals surface area contributed by atoms with Crippen molar-refractivity contribution in [2.24, 2.45) is 0 Å². The van der Waals surface area contributed by atoms with Gasteiger partial charge in [0.15, 0.2) is 11.2 Å². The van der Waals surface area contributed by atoms with Crippen molar-refractivity contribution in [3.05, 3.63) is 123 Å². The van der Waals surface area contributed by atoms with E-state index in [9.17, 15) is 14.9 Å². The maximum atomic E-state index is 13.7. The molecule has 5 rings (SSSR count). The molecule has 8 nitrogen and oxygen atoms in total. The highest BCUT2D eigenvalue weighted by Crippen LogP contribution is 2.19. The molecule has 0 bridgehead atoms. The van der Waals surface area contributed by atoms with Crippen molar-refractivity contribution in [3.63, 3.8) is 0 Å². The lowest BCUT2D eigenvalue weighted by Crippen LogP contribution is -2.40. The zero-order chi connectivity index (χ0) is 24.4. The van der Waals surface area contributed by atoms with Crippen LogP contribution in [0, 0.1) is 11.3 Å². The minimum Gasteiger partial charge on any atom is -0.497 e. The average molecular weight is 463 g/mol. The standard InChI is InChI=1S/C27H21N5O3/c1-35-23-13-7-12-22(14-23)32-25-24(26(33)31(27(32)34)16-19-8-3-2-4-9-19)30(18-29-25)17-21-11-6-5-10-20(21)15-28/h2-14,18H,16-17H2,1H3. The highest BCUT2D eigenvalue weighted by atomic mass is 16.5. The summed E-state index contributed by atoms with van der Waals surface area (Å²) < 4.78 is 9.67. The van der Waals surface area contributed by atoms with Gasteiger partial charge < -0.3 is 9.30 Å². The lowest BCUT2D eigenvalue weighted by molar-refractivity contribution is 0.414. The number of imidazole rings is 1. The molecule has 8 heteroatoms. The molecule has 0 aliphatic carbocycles. The van der Waals surface area contributed by atoms with Crippen molar-refractivity contribution in [2.75, 3.05) is 7.11 Å². The van der Waals surface area contributed by atoms with Crippen LogP contribution in [0.2, 0.25) is 0 Å². The van der Waals surface area contributed by atoms with Gasteiger partial charge in [-0.05, 0) is 29.3 Å². The van der Waals surface area contributed by atoms with Crippen molar-refractivity contribution in [3.8, 4) is 17.5 Å². The van der Waals surface area contributed by atoms with E-state index in [1.54, 1.807) is 48.1 Å². The van der Waals surface area contributed by atoms with Crippen molar-refractivity contribution in [1.29, 1.82) is 5.26 Å². The summed E-state index contributed by atoms with van der Waals surface area (Å²) in [5.41, 5.74) is 2.20. The maximum Gasteiger partial charge on any atom is 0.337 e. The first-order valence-corrected chi connectivity index (χ1v) is 11.0. The van der Waals surface area contributed by atoms with Gasteiger partial charge in [0, 0.05) is 6.07 Å². The molecule has 35 heavy (non-hydrogen) atoms. The fraction of sp³-hybridized carbons (Fsp3) is 0.111. The van der Waals surface area contributed by atoms with Gasteiger partial charge >= 0.3 is 5.69 Å². The van der Waals surface area contributed by atoms with E-state index in [0.717, 1.165) is 11.1 Å². The molecule has 0 aliphatic heterocycles. The van der Waals surface area contributed by atoms with Crippen LogP contribution < -0.4 is 16.0 Å². The third-order valence-corrected chi connectivity index (χ3v) is 5.87. The van der Waals surface area contributed by atoms with Crippen LogP contribution >= 0.6 is 0 Å². The van der Waals surface area contributed by atoms with Crippen LogP contribution in [-0.4, -0.2) is 25.8 Å². The molecule has 0 spiro atoms. The molecule has 2 heterocycles. The topological polar surface area (TPSA) is 94.8 Å². The number of nitrogens with zero attached hydrogens (tertiary/aromatic N) is 5. The van der Waals surface area contributed by atoms with Gasteiger partial charge in [-0.15, -0.1) is 0 Å². The predicted molar refractivity (Wildman–Crippen MR) is 132 cm³/mol. The Morgan fingerprint density at radius 2 is 1.71 bits per heavy atom. The number of fused-ring (bicyclic) bond motifs is 1. The molecule has 0 fully saturated rings. The maximum absolute atomic E-state index is 13.7. The van der Waals surface area contributed by atoms with Crippen LogP contribution in [0.5, 0.6) is 5.75 Å². The number of nitriles is 1. The smallest absolute Gasteiger partial charge is 0.337 e. The van der Waals surface area contributed by atoms with Gasteiger partial charge in [0.1, 0.15) is 5.75 Å². The summed E-state index contributed by atoms with van der Waals surface area (Å²) in [5.74, 6) is 0.575. The molecule has 0 radical (unpaired) electrons. The van der Waals surface area contributed by atoms with E-state index in [2.05, 4.69) is 11.1 Å². The van der Waals surface area contributed by atoms with Gasteiger partial charge in [-0.1, -0.05) is 54.6 Å². The normalized spacial score (nSPS) is 10.9. The summed E-state index contributed by atoms with van der Waals surface area (Å²) in [5, 5.41) is 9.50. The third kappa shape index (κ3) is 4.00. The summed E-state index contributed by atoms with van der Waals surface area (Å²) in [4.78, 5) is 31.8. The summed E-state index contributed by atoms with van der Waals surface area (Å²) in [6, 6.07) is 25.8. The van der Waals surface area contributed by atoms with Crippen LogP contribution in [0.25, 0.3) is 16.9 Å². The van der Waals surface area contributed by atoms with Gasteiger partial charge in [0.25, 0.3) is 5.56 Å². The Bertz CT molecular complexity index is 1690. The van der Waals surface area contributed by atoms with Gasteiger partial charge in [0.2, 0.25) is 0 Å². The van der Waals surface area contributed by atoms with Crippen molar-refractivity contribution in [1.82, 2.24) is 18.7 Å². The Hall–Kier alpha value is -4.90. The Labute approximate surface area is 200 Å². The number of rotatable bonds is 6. The highest BCUT2D eigenvalue weighted by molar-refractivity contribution is 5.73. The Kier molecular flexibility index (Phi) is 5.73. The van der Waals surface area contributed by atoms with Crippen molar-refractivity contribution < 1.29 is 4.74 Å². The number of methoxy groups -OCH3 is 1. The summed E-state index contributed by atoms with van der Waals surface area (Å²) >= 11 is 0. The molecule has 0 saturated carbocycles. The number of benzene rings is 3. The molecule has 5 aromatic rings. The molecular weight excluding hydrogens is 442 g/mol. The van der Waals surface area contributed by atoms with E-state index in [0.29, 0.717) is 17.0 Å². The fourth-order valence-electron chi connectivity index (χ4n) is 4.14. The van der Waals surface area contributed by atoms with E-state index in [4.69, 9.17) is 4.74 Å². The van der Waals surface area contributed by atoms with Gasteiger partial charge in [-0.2, -0.15) is 5.26 Å². The van der Waals surface area contributed by atoms with Gasteiger partial charge in [-0.3, -0.25) is 9.36 Å². The van der Waals surface area contributed by atoms with Crippen LogP contribution in [0.4, 0.5) is 0 Å². The number of hydrogen-bond donors (Lipinski definition) is 0. The van der Waals surface area contributed by atoms with Gasteiger partial charge in [0.05, 0.1) is 43.8 Å². The van der Waals surface area contributed by atoms with Crippen LogP contribution in [0.3, 0.4) is 0 Å². The molecule has 0 saturated heterocycles. The molecule has 2 aromatic heterocycles. The largest absolute Gasteiger partial charge is 0.497 e. The fourth-order valence-corrected chi connectivity index (χ4v) is 4.14. The number of ether oxygens (including phenoxy) is 1. The first-order chi connectivity index (χ1) is 17.1. The van der Waals surface area contributed by atoms with Crippen LogP contribution in [-0.2, 0) is 13.1 Å². The lowest BCUT2D eigenvalue weighted by atomic mass is 10.1. The second-order valence-electron chi connectivity index (χ2n) is 8.01. The minimum absolute atomic E-state index is 0.110. The predicted octanol–water partition coefficient (Wildman–Crippen LogP) is 3.33. The van der Waals surface area contributed by atoms with Crippen molar-refractivity contribution in [2.45, 2.75) is 13.1 Å². The Morgan fingerprint density at radius 1 is 0.943 bits per heavy atom. The van der Waals surface area contributed by atoms with Crippen LogP contribution in [0.15, 0.2) is 94.8 Å². The molecule has 0 amide bonds. The first-order valence-electron chi connectivity index (χ1n) is 11.0. The zero-order valence-corrected chi connectivity index (χ0v) is 19.0. The molecule has 0 atom stereocenters. The zero-order valence-electron chi connectivity index (χ0n) is 19.0. The minimum atomic E-state index is -0.498. The SMILES string of the molecule is COc1cccc(-n2c(=O)n(Cc3ccccc3)c(=O)c3c2ncn3Cc2ccccc2C#N)c1. The quantitative estimate of drug-likeness (QED) is 0.385. The third-order valence-electron chi connectivity index (χ3n) is 5.87. The second-order valence-corrected chi connectivity index (χ2v) is 8.01. The molecule has 172 valence electrons. The molecular formula is C27H21N5O3. The van der Waals surface area contributed by atoms with E-state index in [-0.39, 0.29) is 24.3 Å². The van der Waals surface area contributed by atoms with E-state index >= 15 is 0 Å². The molecule has 0 N–H and O–H groups in total. The summed E-state index contributed by atoms with van der Waals surface area (Å²) in [6.45, 7) is 0.371. The van der Waals surface area contributed by atoms with Crippen LogP contribution in [0.1, 0.15) is 16.7 Å². The second kappa shape index (κ2) is 9.15. The van der Waals surface area contributed by atoms with Gasteiger partial charge in [-0.25, -0.2) is 14.3 Å². The number of hydrogen-bond acceptors (Lipinski definition) is 5. The molecule has 0 unspecified atom stereocenters. The monoisotopic (exact) mass is 463 g/mol. The Morgan fingerprint density at radius 3 is 2.49 bits per heavy atom. The van der Waals surface area contributed by atoms with E-state index < -0.39 is 11.2 Å². The average Bonchev–Trinajstić information content (AvgIpc) is 3.31.